The lowest BCUT2D eigenvalue weighted by atomic mass is 9.92. The average Bonchev–Trinajstić information content (AvgIpc) is 3.05. The summed E-state index contributed by atoms with van der Waals surface area (Å²) >= 11 is 7.45. The van der Waals surface area contributed by atoms with Gasteiger partial charge in [0.05, 0.1) is 11.1 Å². The van der Waals surface area contributed by atoms with Gasteiger partial charge in [0.1, 0.15) is 5.82 Å². The summed E-state index contributed by atoms with van der Waals surface area (Å²) in [6.45, 7) is 0.168. The number of fused-ring (bicyclic) bond motifs is 1. The zero-order valence-corrected chi connectivity index (χ0v) is 13.1. The molecule has 0 aliphatic heterocycles. The molecule has 1 aliphatic carbocycles. The van der Waals surface area contributed by atoms with Crippen LogP contribution >= 0.6 is 22.9 Å². The van der Waals surface area contributed by atoms with Crippen molar-refractivity contribution in [2.45, 2.75) is 31.3 Å². The number of hydrogen-bond acceptors (Lipinski definition) is 3. The maximum atomic E-state index is 14.2. The topological polar surface area (TPSA) is 46.2 Å². The van der Waals surface area contributed by atoms with Crippen molar-refractivity contribution in [3.05, 3.63) is 56.0 Å². The Morgan fingerprint density at radius 1 is 1.38 bits per heavy atom. The van der Waals surface area contributed by atoms with Crippen molar-refractivity contribution in [3.63, 3.8) is 0 Å². The van der Waals surface area contributed by atoms with Crippen molar-refractivity contribution >= 4 is 22.9 Å². The standard InChI is InChI=1S/C16H17ClFNOS/c17-12-5-2-4-10(15(12)18)11(8-19)16(20)14-7-9-3-1-6-13(9)21-14/h2,4-5,7,11,16,20H,1,3,6,8,19H2. The zero-order valence-electron chi connectivity index (χ0n) is 11.5. The normalized spacial score (nSPS) is 16.8. The number of aryl methyl sites for hydroxylation is 2. The summed E-state index contributed by atoms with van der Waals surface area (Å²) in [6.07, 6.45) is 2.53. The number of rotatable bonds is 4. The van der Waals surface area contributed by atoms with E-state index in [0.29, 0.717) is 5.56 Å². The second-order valence-electron chi connectivity index (χ2n) is 5.38. The lowest BCUT2D eigenvalue weighted by molar-refractivity contribution is 0.149. The van der Waals surface area contributed by atoms with Crippen LogP contribution in [0.5, 0.6) is 0 Å². The summed E-state index contributed by atoms with van der Waals surface area (Å²) in [6, 6.07) is 6.87. The monoisotopic (exact) mass is 325 g/mol. The first-order valence-electron chi connectivity index (χ1n) is 7.05. The van der Waals surface area contributed by atoms with E-state index in [0.717, 1.165) is 17.7 Å². The molecule has 1 aromatic carbocycles. The third-order valence-corrected chi connectivity index (χ3v) is 5.67. The molecule has 1 aromatic heterocycles. The highest BCUT2D eigenvalue weighted by molar-refractivity contribution is 7.12. The van der Waals surface area contributed by atoms with E-state index in [-0.39, 0.29) is 11.6 Å². The van der Waals surface area contributed by atoms with Crippen LogP contribution in [0.3, 0.4) is 0 Å². The Bertz CT molecular complexity index is 636. The minimum atomic E-state index is -0.793. The van der Waals surface area contributed by atoms with Gasteiger partial charge in [0.2, 0.25) is 0 Å². The molecule has 112 valence electrons. The summed E-state index contributed by atoms with van der Waals surface area (Å²) in [5.74, 6) is -0.972. The van der Waals surface area contributed by atoms with Gasteiger partial charge in [-0.3, -0.25) is 0 Å². The van der Waals surface area contributed by atoms with Crippen LogP contribution < -0.4 is 5.73 Å². The highest BCUT2D eigenvalue weighted by Gasteiger charge is 2.28. The van der Waals surface area contributed by atoms with Crippen LogP contribution in [0.15, 0.2) is 24.3 Å². The summed E-state index contributed by atoms with van der Waals surface area (Å²) in [5.41, 5.74) is 7.48. The first-order valence-corrected chi connectivity index (χ1v) is 8.24. The number of halogens is 2. The van der Waals surface area contributed by atoms with Gasteiger partial charge in [0.25, 0.3) is 0 Å². The molecule has 2 aromatic rings. The van der Waals surface area contributed by atoms with E-state index >= 15 is 0 Å². The number of aliphatic hydroxyl groups is 1. The fourth-order valence-electron chi connectivity index (χ4n) is 2.93. The molecule has 0 fully saturated rings. The average molecular weight is 326 g/mol. The first-order chi connectivity index (χ1) is 10.1. The van der Waals surface area contributed by atoms with Gasteiger partial charge in [-0.15, -0.1) is 11.3 Å². The van der Waals surface area contributed by atoms with Crippen LogP contribution in [-0.2, 0) is 12.8 Å². The second-order valence-corrected chi connectivity index (χ2v) is 6.96. The second kappa shape index (κ2) is 6.05. The molecule has 3 rings (SSSR count). The third kappa shape index (κ3) is 2.73. The Hall–Kier alpha value is -0.940. The molecule has 1 heterocycles. The van der Waals surface area contributed by atoms with E-state index < -0.39 is 17.8 Å². The number of nitrogens with two attached hydrogens (primary N) is 1. The Balaban J connectivity index is 1.93. The fourth-order valence-corrected chi connectivity index (χ4v) is 4.42. The van der Waals surface area contributed by atoms with Gasteiger partial charge >= 0.3 is 0 Å². The minimum Gasteiger partial charge on any atom is -0.387 e. The molecule has 0 saturated heterocycles. The summed E-state index contributed by atoms with van der Waals surface area (Å²) < 4.78 is 14.2. The van der Waals surface area contributed by atoms with Crippen molar-refractivity contribution in [3.8, 4) is 0 Å². The lowest BCUT2D eigenvalue weighted by Gasteiger charge is -2.22. The van der Waals surface area contributed by atoms with Crippen LogP contribution in [0, 0.1) is 5.82 Å². The van der Waals surface area contributed by atoms with Gasteiger partial charge in [-0.25, -0.2) is 4.39 Å². The molecule has 0 radical (unpaired) electrons. The molecule has 0 amide bonds. The fraction of sp³-hybridized carbons (Fsp3) is 0.375. The van der Waals surface area contributed by atoms with Gasteiger partial charge in [-0.1, -0.05) is 23.7 Å². The molecule has 2 nitrogen and oxygen atoms in total. The maximum absolute atomic E-state index is 14.2. The van der Waals surface area contributed by atoms with E-state index in [9.17, 15) is 9.50 Å². The van der Waals surface area contributed by atoms with Gasteiger partial charge < -0.3 is 10.8 Å². The largest absolute Gasteiger partial charge is 0.387 e. The van der Waals surface area contributed by atoms with Gasteiger partial charge in [0, 0.05) is 22.2 Å². The van der Waals surface area contributed by atoms with E-state index in [4.69, 9.17) is 17.3 Å². The highest BCUT2D eigenvalue weighted by Crippen LogP contribution is 2.40. The van der Waals surface area contributed by atoms with E-state index in [1.807, 2.05) is 6.07 Å². The smallest absolute Gasteiger partial charge is 0.145 e. The van der Waals surface area contributed by atoms with Crippen molar-refractivity contribution in [1.82, 2.24) is 0 Å². The van der Waals surface area contributed by atoms with Crippen LogP contribution in [0.2, 0.25) is 5.02 Å². The molecule has 2 atom stereocenters. The van der Waals surface area contributed by atoms with Crippen molar-refractivity contribution < 1.29 is 9.50 Å². The number of aliphatic hydroxyl groups excluding tert-OH is 1. The van der Waals surface area contributed by atoms with Crippen LogP contribution in [-0.4, -0.2) is 11.7 Å². The number of benzene rings is 1. The van der Waals surface area contributed by atoms with Crippen molar-refractivity contribution in [1.29, 1.82) is 0 Å². The molecule has 21 heavy (non-hydrogen) atoms. The van der Waals surface area contributed by atoms with Crippen molar-refractivity contribution in [2.75, 3.05) is 6.54 Å². The molecule has 5 heteroatoms. The Kier molecular flexibility index (Phi) is 4.31. The third-order valence-electron chi connectivity index (χ3n) is 4.07. The van der Waals surface area contributed by atoms with E-state index in [1.165, 1.54) is 22.9 Å². The molecule has 0 bridgehead atoms. The van der Waals surface area contributed by atoms with Crippen LogP contribution in [0.1, 0.15) is 39.3 Å². The molecule has 3 N–H and O–H groups in total. The number of hydrogen-bond donors (Lipinski definition) is 2. The molecule has 0 saturated carbocycles. The predicted molar refractivity (Wildman–Crippen MR) is 84.5 cm³/mol. The molecule has 0 spiro atoms. The molecule has 2 unspecified atom stereocenters. The summed E-state index contributed by atoms with van der Waals surface area (Å²) in [7, 11) is 0. The van der Waals surface area contributed by atoms with Crippen LogP contribution in [0.4, 0.5) is 4.39 Å². The molecular weight excluding hydrogens is 309 g/mol. The van der Waals surface area contributed by atoms with Gasteiger partial charge in [0.15, 0.2) is 0 Å². The first kappa shape index (κ1) is 15.0. The summed E-state index contributed by atoms with van der Waals surface area (Å²) in [4.78, 5) is 2.21. The van der Waals surface area contributed by atoms with E-state index in [1.54, 1.807) is 23.5 Å². The number of thiophene rings is 1. The van der Waals surface area contributed by atoms with Crippen LogP contribution in [0.25, 0.3) is 0 Å². The Morgan fingerprint density at radius 3 is 2.90 bits per heavy atom. The lowest BCUT2D eigenvalue weighted by Crippen LogP contribution is -2.20. The predicted octanol–water partition coefficient (Wildman–Crippen LogP) is 3.81. The molecule has 1 aliphatic rings. The Morgan fingerprint density at radius 2 is 2.19 bits per heavy atom. The quantitative estimate of drug-likeness (QED) is 0.898. The molecular formula is C16H17ClFNOS. The zero-order chi connectivity index (χ0) is 15.0. The van der Waals surface area contributed by atoms with Gasteiger partial charge in [-0.2, -0.15) is 0 Å². The van der Waals surface area contributed by atoms with Gasteiger partial charge in [-0.05, 0) is 42.5 Å². The SMILES string of the molecule is NCC(c1cccc(Cl)c1F)C(O)c1cc2c(s1)CCC2. The summed E-state index contributed by atoms with van der Waals surface area (Å²) in [5, 5.41) is 10.7. The van der Waals surface area contributed by atoms with E-state index in [2.05, 4.69) is 0 Å². The maximum Gasteiger partial charge on any atom is 0.145 e. The highest BCUT2D eigenvalue weighted by atomic mass is 35.5. The Labute approximate surface area is 132 Å². The minimum absolute atomic E-state index is 0.0619. The van der Waals surface area contributed by atoms with Crippen molar-refractivity contribution in [2.24, 2.45) is 5.73 Å².